The van der Waals surface area contributed by atoms with Crippen LogP contribution in [0.15, 0.2) is 41.3 Å². The van der Waals surface area contributed by atoms with E-state index in [2.05, 4.69) is 10.3 Å². The van der Waals surface area contributed by atoms with Gasteiger partial charge in [0, 0.05) is 18.0 Å². The van der Waals surface area contributed by atoms with E-state index in [1.54, 1.807) is 6.92 Å². The van der Waals surface area contributed by atoms with Crippen LogP contribution in [0.5, 0.6) is 5.75 Å². The van der Waals surface area contributed by atoms with Crippen molar-refractivity contribution in [3.05, 3.63) is 63.6 Å². The summed E-state index contributed by atoms with van der Waals surface area (Å²) >= 11 is 0. The van der Waals surface area contributed by atoms with Gasteiger partial charge in [-0.2, -0.15) is 0 Å². The van der Waals surface area contributed by atoms with Crippen molar-refractivity contribution in [2.75, 3.05) is 0 Å². The van der Waals surface area contributed by atoms with Crippen molar-refractivity contribution in [1.82, 2.24) is 10.3 Å². The Morgan fingerprint density at radius 2 is 1.87 bits per heavy atom. The molecule has 2 aromatic rings. The third kappa shape index (κ3) is 4.69. The molecule has 1 aromatic carbocycles. The van der Waals surface area contributed by atoms with E-state index in [-0.39, 0.29) is 46.4 Å². The van der Waals surface area contributed by atoms with Crippen LogP contribution in [0, 0.1) is 6.92 Å². The van der Waals surface area contributed by atoms with Gasteiger partial charge in [0.2, 0.25) is 0 Å². The molecule has 0 fully saturated rings. The molecule has 23 heavy (non-hydrogen) atoms. The summed E-state index contributed by atoms with van der Waals surface area (Å²) in [6.07, 6.45) is 1.22. The van der Waals surface area contributed by atoms with E-state index >= 15 is 0 Å². The molecule has 0 aliphatic heterocycles. The van der Waals surface area contributed by atoms with Gasteiger partial charge in [0.1, 0.15) is 11.3 Å². The minimum atomic E-state index is -1.53. The molecule has 0 radical (unpaired) electrons. The van der Waals surface area contributed by atoms with Crippen LogP contribution in [0.4, 0.5) is 0 Å². The number of phenols is 1. The van der Waals surface area contributed by atoms with Crippen LogP contribution in [0.3, 0.4) is 0 Å². The number of phenolic OH excluding ortho intramolecular Hbond substituents is 1. The van der Waals surface area contributed by atoms with Crippen molar-refractivity contribution < 1.29 is 49.4 Å². The number of carbonyl (C=O) groups is 2. The van der Waals surface area contributed by atoms with E-state index < -0.39 is 23.3 Å². The van der Waals surface area contributed by atoms with Gasteiger partial charge in [-0.3, -0.25) is 9.59 Å². The Morgan fingerprint density at radius 1 is 1.26 bits per heavy atom. The van der Waals surface area contributed by atoms with Crippen LogP contribution >= 0.6 is 0 Å². The number of aryl methyl sites for hydroxylation is 1. The average molecular weight is 324 g/mol. The smallest absolute Gasteiger partial charge is 0.548 e. The molecule has 1 atom stereocenters. The van der Waals surface area contributed by atoms with Gasteiger partial charge in [0.15, 0.2) is 5.43 Å². The molecule has 0 aliphatic rings. The van der Waals surface area contributed by atoms with E-state index in [1.165, 1.54) is 36.5 Å². The SMILES string of the molecule is Cc1cc(=O)c(C(=O)NC(C(=O)[O-])c2ccc(O)cc2)c[nH]1.[Na+]. The Morgan fingerprint density at radius 3 is 2.39 bits per heavy atom. The van der Waals surface area contributed by atoms with Crippen molar-refractivity contribution in [1.29, 1.82) is 0 Å². The molecular formula is C15H13N2NaO5. The summed E-state index contributed by atoms with van der Waals surface area (Å²) in [7, 11) is 0. The summed E-state index contributed by atoms with van der Waals surface area (Å²) in [5.41, 5.74) is 0.0819. The fraction of sp³-hybridized carbons (Fsp3) is 0.133. The quantitative estimate of drug-likeness (QED) is 0.506. The number of aliphatic carboxylic acids is 1. The van der Waals surface area contributed by atoms with Crippen molar-refractivity contribution in [2.45, 2.75) is 13.0 Å². The van der Waals surface area contributed by atoms with E-state index in [4.69, 9.17) is 0 Å². The first-order chi connectivity index (χ1) is 10.4. The number of amides is 1. The van der Waals surface area contributed by atoms with Crippen LogP contribution in [-0.4, -0.2) is 22.0 Å². The summed E-state index contributed by atoms with van der Waals surface area (Å²) in [5.74, 6) is -2.40. The Labute approximate surface area is 153 Å². The van der Waals surface area contributed by atoms with Crippen LogP contribution in [0.2, 0.25) is 0 Å². The van der Waals surface area contributed by atoms with E-state index in [0.29, 0.717) is 5.69 Å². The molecule has 8 heteroatoms. The van der Waals surface area contributed by atoms with Crippen molar-refractivity contribution in [2.24, 2.45) is 0 Å². The van der Waals surface area contributed by atoms with E-state index in [1.807, 2.05) is 0 Å². The second-order valence-electron chi connectivity index (χ2n) is 4.71. The number of nitrogens with one attached hydrogen (secondary N) is 2. The van der Waals surface area contributed by atoms with E-state index in [9.17, 15) is 24.6 Å². The maximum atomic E-state index is 12.1. The van der Waals surface area contributed by atoms with E-state index in [0.717, 1.165) is 0 Å². The van der Waals surface area contributed by atoms with Gasteiger partial charge in [0.25, 0.3) is 5.91 Å². The van der Waals surface area contributed by atoms with Crippen molar-refractivity contribution in [3.63, 3.8) is 0 Å². The normalized spacial score (nSPS) is 11.2. The second-order valence-corrected chi connectivity index (χ2v) is 4.71. The minimum Gasteiger partial charge on any atom is -0.548 e. The molecule has 1 unspecified atom stereocenters. The Hall–Kier alpha value is -2.09. The molecule has 3 N–H and O–H groups in total. The van der Waals surface area contributed by atoms with Gasteiger partial charge in [-0.25, -0.2) is 0 Å². The summed E-state index contributed by atoms with van der Waals surface area (Å²) in [6, 6.07) is 5.06. The molecule has 1 amide bonds. The summed E-state index contributed by atoms with van der Waals surface area (Å²) in [4.78, 5) is 37.7. The first-order valence-corrected chi connectivity index (χ1v) is 6.38. The van der Waals surface area contributed by atoms with Crippen LogP contribution < -0.4 is 45.4 Å². The Balaban J connectivity index is 0.00000264. The number of aromatic amines is 1. The number of aromatic hydroxyl groups is 1. The molecule has 114 valence electrons. The molecule has 0 bridgehead atoms. The number of carboxylic acid groups (broad SMARTS) is 1. The molecule has 0 saturated carbocycles. The topological polar surface area (TPSA) is 122 Å². The van der Waals surface area contributed by atoms with Gasteiger partial charge < -0.3 is 25.3 Å². The second kappa shape index (κ2) is 7.96. The van der Waals surface area contributed by atoms with Gasteiger partial charge in [-0.15, -0.1) is 0 Å². The standard InChI is InChI=1S/C15H14N2O5.Na/c1-8-6-12(19)11(7-16-8)14(20)17-13(15(21)22)9-2-4-10(18)5-3-9;/h2-7,13,18H,1H3,(H,16,19)(H,17,20)(H,21,22);/q;+1/p-1. The maximum absolute atomic E-state index is 12.1. The maximum Gasteiger partial charge on any atom is 1.00 e. The number of hydrogen-bond donors (Lipinski definition) is 3. The van der Waals surface area contributed by atoms with Gasteiger partial charge in [0.05, 0.1) is 12.0 Å². The Bertz CT molecular complexity index is 770. The number of aromatic nitrogens is 1. The number of rotatable bonds is 4. The summed E-state index contributed by atoms with van der Waals surface area (Å²) < 4.78 is 0. The van der Waals surface area contributed by atoms with Gasteiger partial charge in [-0.05, 0) is 24.6 Å². The zero-order chi connectivity index (χ0) is 16.3. The molecular weight excluding hydrogens is 311 g/mol. The number of benzene rings is 1. The number of pyridine rings is 1. The van der Waals surface area contributed by atoms with Crippen molar-refractivity contribution in [3.8, 4) is 5.75 Å². The van der Waals surface area contributed by atoms with Gasteiger partial charge >= 0.3 is 29.6 Å². The number of H-pyrrole nitrogens is 1. The predicted molar refractivity (Wildman–Crippen MR) is 75.1 cm³/mol. The molecule has 0 spiro atoms. The Kier molecular flexibility index (Phi) is 6.56. The fourth-order valence-corrected chi connectivity index (χ4v) is 1.90. The number of hydrogen-bond acceptors (Lipinski definition) is 5. The zero-order valence-electron chi connectivity index (χ0n) is 12.6. The third-order valence-corrected chi connectivity index (χ3v) is 3.04. The molecule has 1 heterocycles. The molecule has 1 aromatic heterocycles. The number of carbonyl (C=O) groups excluding carboxylic acids is 2. The molecule has 7 nitrogen and oxygen atoms in total. The largest absolute Gasteiger partial charge is 1.00 e. The molecule has 2 rings (SSSR count). The monoisotopic (exact) mass is 324 g/mol. The summed E-state index contributed by atoms with van der Waals surface area (Å²) in [5, 5.41) is 22.6. The molecule has 0 saturated heterocycles. The van der Waals surface area contributed by atoms with Crippen LogP contribution in [0.25, 0.3) is 0 Å². The van der Waals surface area contributed by atoms with Crippen LogP contribution in [0.1, 0.15) is 27.7 Å². The zero-order valence-corrected chi connectivity index (χ0v) is 14.6. The first-order valence-electron chi connectivity index (χ1n) is 6.38. The number of carboxylic acids is 1. The average Bonchev–Trinajstić information content (AvgIpc) is 2.45. The van der Waals surface area contributed by atoms with Crippen molar-refractivity contribution >= 4 is 11.9 Å². The minimum absolute atomic E-state index is 0. The predicted octanol–water partition coefficient (Wildman–Crippen LogP) is -3.39. The van der Waals surface area contributed by atoms with Gasteiger partial charge in [-0.1, -0.05) is 12.1 Å². The fourth-order valence-electron chi connectivity index (χ4n) is 1.90. The molecule has 0 aliphatic carbocycles. The third-order valence-electron chi connectivity index (χ3n) is 3.04. The first kappa shape index (κ1) is 19.0. The van der Waals surface area contributed by atoms with Crippen LogP contribution in [-0.2, 0) is 4.79 Å². The summed E-state index contributed by atoms with van der Waals surface area (Å²) in [6.45, 7) is 1.66.